The van der Waals surface area contributed by atoms with Gasteiger partial charge in [-0.25, -0.2) is 0 Å². The summed E-state index contributed by atoms with van der Waals surface area (Å²) < 4.78 is 5.20. The molecule has 5 nitrogen and oxygen atoms in total. The molecule has 0 aliphatic carbocycles. The average molecular weight is 340 g/mol. The maximum Gasteiger partial charge on any atom is 0.253 e. The summed E-state index contributed by atoms with van der Waals surface area (Å²) in [6, 6.07) is 12.8. The molecule has 0 bridgehead atoms. The van der Waals surface area contributed by atoms with Crippen molar-refractivity contribution in [3.8, 4) is 5.75 Å². The van der Waals surface area contributed by atoms with Crippen LogP contribution >= 0.6 is 0 Å². The number of fused-ring (bicyclic) bond motifs is 1. The molecular weight excluding hydrogens is 316 g/mol. The van der Waals surface area contributed by atoms with E-state index in [-0.39, 0.29) is 25.3 Å². The Balaban J connectivity index is 0.00000225. The highest BCUT2D eigenvalue weighted by atomic mass is 16.5. The van der Waals surface area contributed by atoms with Crippen LogP contribution in [-0.4, -0.2) is 25.5 Å². The van der Waals surface area contributed by atoms with Gasteiger partial charge in [-0.3, -0.25) is 9.59 Å². The monoisotopic (exact) mass is 340 g/mol. The maximum atomic E-state index is 12.4. The third-order valence-electron chi connectivity index (χ3n) is 4.33. The Hall–Kier alpha value is -2.82. The van der Waals surface area contributed by atoms with E-state index in [0.717, 1.165) is 16.9 Å². The van der Waals surface area contributed by atoms with Crippen molar-refractivity contribution in [2.24, 2.45) is 0 Å². The Labute approximate surface area is 148 Å². The average Bonchev–Trinajstić information content (AvgIpc) is 2.73. The van der Waals surface area contributed by atoms with E-state index in [1.807, 2.05) is 43.3 Å². The number of aryl methyl sites for hydroxylation is 1. The van der Waals surface area contributed by atoms with E-state index in [1.165, 1.54) is 6.92 Å². The van der Waals surface area contributed by atoms with Gasteiger partial charge in [-0.15, -0.1) is 0 Å². The Morgan fingerprint density at radius 2 is 1.88 bits per heavy atom. The number of hydrogen-bond donors (Lipinski definition) is 1. The molecule has 5 heteroatoms. The minimum Gasteiger partial charge on any atom is -0.497 e. The number of nitrogens with zero attached hydrogens (tertiary/aromatic N) is 1. The molecule has 2 aromatic rings. The van der Waals surface area contributed by atoms with Crippen LogP contribution in [0.3, 0.4) is 0 Å². The van der Waals surface area contributed by atoms with Crippen LogP contribution in [0, 0.1) is 6.92 Å². The SMILES string of the molecule is C.COc1ccc(C2CNC(=O)c3cccc(C)c3N2C(C)=O)cc1. The highest BCUT2D eigenvalue weighted by Crippen LogP contribution is 2.35. The number of nitrogens with one attached hydrogen (secondary N) is 1. The lowest BCUT2D eigenvalue weighted by molar-refractivity contribution is -0.117. The topological polar surface area (TPSA) is 58.6 Å². The van der Waals surface area contributed by atoms with E-state index < -0.39 is 0 Å². The minimum atomic E-state index is -0.264. The predicted molar refractivity (Wildman–Crippen MR) is 99.1 cm³/mol. The fourth-order valence-corrected chi connectivity index (χ4v) is 3.16. The van der Waals surface area contributed by atoms with Crippen molar-refractivity contribution >= 4 is 17.5 Å². The molecule has 0 fully saturated rings. The van der Waals surface area contributed by atoms with Gasteiger partial charge < -0.3 is 15.0 Å². The molecule has 25 heavy (non-hydrogen) atoms. The first-order chi connectivity index (χ1) is 11.5. The molecule has 2 amide bonds. The maximum absolute atomic E-state index is 12.4. The van der Waals surface area contributed by atoms with Crippen molar-refractivity contribution in [2.45, 2.75) is 27.3 Å². The van der Waals surface area contributed by atoms with Crippen molar-refractivity contribution in [1.29, 1.82) is 0 Å². The zero-order valence-corrected chi connectivity index (χ0v) is 14.0. The Morgan fingerprint density at radius 3 is 2.48 bits per heavy atom. The first-order valence-electron chi connectivity index (χ1n) is 7.84. The summed E-state index contributed by atoms with van der Waals surface area (Å²) in [7, 11) is 1.61. The van der Waals surface area contributed by atoms with Crippen LogP contribution in [0.15, 0.2) is 42.5 Å². The number of hydrogen-bond acceptors (Lipinski definition) is 3. The van der Waals surface area contributed by atoms with Crippen LogP contribution in [0.4, 0.5) is 5.69 Å². The molecule has 0 radical (unpaired) electrons. The van der Waals surface area contributed by atoms with Crippen LogP contribution in [-0.2, 0) is 4.79 Å². The van der Waals surface area contributed by atoms with Crippen LogP contribution in [0.1, 0.15) is 41.9 Å². The number of anilines is 1. The molecule has 3 rings (SSSR count). The number of carbonyl (C=O) groups is 2. The van der Waals surface area contributed by atoms with Crippen molar-refractivity contribution in [3.63, 3.8) is 0 Å². The first-order valence-corrected chi connectivity index (χ1v) is 7.84. The summed E-state index contributed by atoms with van der Waals surface area (Å²) in [5.74, 6) is 0.501. The number of benzene rings is 2. The molecule has 1 aliphatic heterocycles. The van der Waals surface area contributed by atoms with Gasteiger partial charge in [0.05, 0.1) is 24.4 Å². The van der Waals surface area contributed by atoms with Crippen LogP contribution in [0.25, 0.3) is 0 Å². The van der Waals surface area contributed by atoms with Gasteiger partial charge in [0.15, 0.2) is 0 Å². The highest BCUT2D eigenvalue weighted by Gasteiger charge is 2.32. The molecule has 0 saturated heterocycles. The molecule has 1 N–H and O–H groups in total. The second-order valence-corrected chi connectivity index (χ2v) is 5.86. The Bertz CT molecular complexity index is 784. The van der Waals surface area contributed by atoms with Gasteiger partial charge in [0.25, 0.3) is 5.91 Å². The van der Waals surface area contributed by atoms with Gasteiger partial charge in [0.2, 0.25) is 5.91 Å². The van der Waals surface area contributed by atoms with Crippen molar-refractivity contribution in [1.82, 2.24) is 5.32 Å². The first kappa shape index (κ1) is 18.5. The number of methoxy groups -OCH3 is 1. The van der Waals surface area contributed by atoms with Gasteiger partial charge in [-0.1, -0.05) is 31.7 Å². The summed E-state index contributed by atoms with van der Waals surface area (Å²) in [6.45, 7) is 3.81. The van der Waals surface area contributed by atoms with Crippen molar-refractivity contribution < 1.29 is 14.3 Å². The van der Waals surface area contributed by atoms with E-state index in [0.29, 0.717) is 17.8 Å². The normalized spacial score (nSPS) is 16.2. The number of para-hydroxylation sites is 1. The lowest BCUT2D eigenvalue weighted by atomic mass is 10.0. The summed E-state index contributed by atoms with van der Waals surface area (Å²) >= 11 is 0. The quantitative estimate of drug-likeness (QED) is 0.910. The molecule has 0 saturated carbocycles. The van der Waals surface area contributed by atoms with Gasteiger partial charge >= 0.3 is 0 Å². The molecule has 1 heterocycles. The zero-order chi connectivity index (χ0) is 17.3. The van der Waals surface area contributed by atoms with Crippen LogP contribution in [0.2, 0.25) is 0 Å². The zero-order valence-electron chi connectivity index (χ0n) is 14.0. The molecule has 2 aromatic carbocycles. The van der Waals surface area contributed by atoms with E-state index >= 15 is 0 Å². The second-order valence-electron chi connectivity index (χ2n) is 5.86. The van der Waals surface area contributed by atoms with Crippen molar-refractivity contribution in [2.75, 3.05) is 18.6 Å². The Kier molecular flexibility index (Phi) is 5.47. The smallest absolute Gasteiger partial charge is 0.253 e. The molecule has 1 unspecified atom stereocenters. The summed E-state index contributed by atoms with van der Waals surface area (Å²) in [4.78, 5) is 26.6. The summed E-state index contributed by atoms with van der Waals surface area (Å²) in [6.07, 6.45) is 0. The van der Waals surface area contributed by atoms with Crippen LogP contribution < -0.4 is 15.0 Å². The predicted octanol–water partition coefficient (Wildman–Crippen LogP) is 3.48. The lowest BCUT2D eigenvalue weighted by Crippen LogP contribution is -2.37. The van der Waals surface area contributed by atoms with Gasteiger partial charge in [-0.2, -0.15) is 0 Å². The fraction of sp³-hybridized carbons (Fsp3) is 0.300. The molecule has 0 spiro atoms. The van der Waals surface area contributed by atoms with E-state index in [9.17, 15) is 9.59 Å². The molecular formula is C20H24N2O3. The standard InChI is InChI=1S/C19H20N2O3.CH4/c1-12-5-4-6-16-18(12)21(13(2)22)17(11-20-19(16)23)14-7-9-15(24-3)10-8-14;/h4-10,17H,11H2,1-3H3,(H,20,23);1H4. The third-order valence-corrected chi connectivity index (χ3v) is 4.33. The number of carbonyl (C=O) groups excluding carboxylic acids is 2. The fourth-order valence-electron chi connectivity index (χ4n) is 3.16. The largest absolute Gasteiger partial charge is 0.497 e. The molecule has 1 aliphatic rings. The number of amides is 2. The number of ether oxygens (including phenoxy) is 1. The molecule has 1 atom stereocenters. The van der Waals surface area contributed by atoms with Gasteiger partial charge in [0, 0.05) is 13.5 Å². The summed E-state index contributed by atoms with van der Waals surface area (Å²) in [5.41, 5.74) is 3.06. The minimum absolute atomic E-state index is 0. The van der Waals surface area contributed by atoms with Gasteiger partial charge in [0.1, 0.15) is 5.75 Å². The van der Waals surface area contributed by atoms with E-state index in [4.69, 9.17) is 4.74 Å². The molecule has 0 aromatic heterocycles. The van der Waals surface area contributed by atoms with Crippen molar-refractivity contribution in [3.05, 3.63) is 59.2 Å². The molecule has 132 valence electrons. The van der Waals surface area contributed by atoms with Crippen LogP contribution in [0.5, 0.6) is 5.75 Å². The third kappa shape index (κ3) is 3.36. The Morgan fingerprint density at radius 1 is 1.20 bits per heavy atom. The summed E-state index contributed by atoms with van der Waals surface area (Å²) in [5, 5.41) is 2.93. The second kappa shape index (κ2) is 7.38. The highest BCUT2D eigenvalue weighted by molar-refractivity contribution is 6.06. The van der Waals surface area contributed by atoms with E-state index in [1.54, 1.807) is 18.1 Å². The number of rotatable bonds is 2. The lowest BCUT2D eigenvalue weighted by Gasteiger charge is -2.31. The van der Waals surface area contributed by atoms with E-state index in [2.05, 4.69) is 5.32 Å². The van der Waals surface area contributed by atoms with Gasteiger partial charge in [-0.05, 0) is 36.2 Å².